The van der Waals surface area contributed by atoms with Crippen LogP contribution in [0.2, 0.25) is 0 Å². The Balaban J connectivity index is 3.22. The molecule has 1 aromatic carbocycles. The summed E-state index contributed by atoms with van der Waals surface area (Å²) in [6, 6.07) is 3.69. The van der Waals surface area contributed by atoms with Crippen LogP contribution >= 0.6 is 43.5 Å². The number of ketones is 1. The van der Waals surface area contributed by atoms with Gasteiger partial charge in [0.1, 0.15) is 0 Å². The number of rotatable bonds is 2. The molecule has 0 fully saturated rings. The van der Waals surface area contributed by atoms with Gasteiger partial charge < -0.3 is 0 Å². The summed E-state index contributed by atoms with van der Waals surface area (Å²) in [5.74, 6) is -0.0701. The molecule has 1 nitrogen and oxygen atoms in total. The highest BCUT2D eigenvalue weighted by Crippen LogP contribution is 2.27. The summed E-state index contributed by atoms with van der Waals surface area (Å²) in [6.45, 7) is 3.64. The van der Waals surface area contributed by atoms with Gasteiger partial charge in [-0.2, -0.15) is 0 Å². The van der Waals surface area contributed by atoms with Gasteiger partial charge >= 0.3 is 0 Å². The second kappa shape index (κ2) is 4.77. The fourth-order valence-electron chi connectivity index (χ4n) is 1.05. The molecular formula is C10H9Br2ClO. The van der Waals surface area contributed by atoms with Crippen molar-refractivity contribution in [3.8, 4) is 0 Å². The number of hydrogen-bond acceptors (Lipinski definition) is 1. The summed E-state index contributed by atoms with van der Waals surface area (Å²) in [4.78, 5) is 11.6. The van der Waals surface area contributed by atoms with Gasteiger partial charge in [-0.3, -0.25) is 4.79 Å². The third kappa shape index (κ3) is 2.59. The molecule has 4 heteroatoms. The van der Waals surface area contributed by atoms with E-state index in [2.05, 4.69) is 31.9 Å². The topological polar surface area (TPSA) is 17.1 Å². The largest absolute Gasteiger partial charge is 0.292 e. The van der Waals surface area contributed by atoms with E-state index in [1.54, 1.807) is 13.0 Å². The number of carbonyl (C=O) groups is 1. The van der Waals surface area contributed by atoms with Crippen LogP contribution in [0.15, 0.2) is 21.1 Å². The first kappa shape index (κ1) is 12.2. The van der Waals surface area contributed by atoms with Crippen LogP contribution in [-0.4, -0.2) is 11.2 Å². The monoisotopic (exact) mass is 338 g/mol. The van der Waals surface area contributed by atoms with Crippen LogP contribution in [0.25, 0.3) is 0 Å². The van der Waals surface area contributed by atoms with E-state index < -0.39 is 5.38 Å². The normalized spacial score (nSPS) is 12.6. The zero-order chi connectivity index (χ0) is 10.9. The number of halogens is 3. The van der Waals surface area contributed by atoms with E-state index in [1.165, 1.54) is 0 Å². The van der Waals surface area contributed by atoms with Gasteiger partial charge in [-0.05, 0) is 31.5 Å². The molecule has 0 aromatic heterocycles. The van der Waals surface area contributed by atoms with Crippen molar-refractivity contribution in [3.63, 3.8) is 0 Å². The Kier molecular flexibility index (Phi) is 4.16. The van der Waals surface area contributed by atoms with E-state index in [4.69, 9.17) is 11.6 Å². The molecule has 0 N–H and O–H groups in total. The highest BCUT2D eigenvalue weighted by molar-refractivity contribution is 9.11. The summed E-state index contributed by atoms with van der Waals surface area (Å²) in [5.41, 5.74) is 1.70. The van der Waals surface area contributed by atoms with Crippen LogP contribution in [0.4, 0.5) is 0 Å². The fourth-order valence-corrected chi connectivity index (χ4v) is 2.16. The van der Waals surface area contributed by atoms with E-state index in [0.29, 0.717) is 5.56 Å². The van der Waals surface area contributed by atoms with Gasteiger partial charge in [0.15, 0.2) is 5.78 Å². The SMILES string of the molecule is Cc1cc(Br)c(C(=O)C(C)Cl)cc1Br. The van der Waals surface area contributed by atoms with Gasteiger partial charge in [-0.1, -0.05) is 31.9 Å². The van der Waals surface area contributed by atoms with Gasteiger partial charge in [0, 0.05) is 14.5 Å². The third-order valence-corrected chi connectivity index (χ3v) is 3.58. The minimum absolute atomic E-state index is 0.0701. The summed E-state index contributed by atoms with van der Waals surface area (Å²) in [5, 5.41) is -0.499. The van der Waals surface area contributed by atoms with Crippen LogP contribution < -0.4 is 0 Å². The van der Waals surface area contributed by atoms with Crippen LogP contribution in [0.3, 0.4) is 0 Å². The van der Waals surface area contributed by atoms with Crippen molar-refractivity contribution in [3.05, 3.63) is 32.2 Å². The van der Waals surface area contributed by atoms with Crippen molar-refractivity contribution in [2.24, 2.45) is 0 Å². The zero-order valence-corrected chi connectivity index (χ0v) is 11.7. The van der Waals surface area contributed by atoms with Crippen molar-refractivity contribution in [1.29, 1.82) is 0 Å². The van der Waals surface area contributed by atoms with Gasteiger partial charge in [-0.25, -0.2) is 0 Å². The first-order valence-electron chi connectivity index (χ1n) is 4.07. The number of Topliss-reactive ketones (excluding diaryl/α,β-unsaturated/α-hetero) is 1. The summed E-state index contributed by atoms with van der Waals surface area (Å²) in [6.07, 6.45) is 0. The van der Waals surface area contributed by atoms with Crippen molar-refractivity contribution >= 4 is 49.2 Å². The molecule has 76 valence electrons. The molecule has 0 bridgehead atoms. The third-order valence-electron chi connectivity index (χ3n) is 1.88. The maximum Gasteiger partial charge on any atom is 0.181 e. The average molecular weight is 340 g/mol. The standard InChI is InChI=1S/C10H9Br2ClO/c1-5-3-9(12)7(4-8(5)11)10(14)6(2)13/h3-4,6H,1-2H3. The molecule has 0 radical (unpaired) electrons. The molecule has 0 aliphatic rings. The number of alkyl halides is 1. The number of carbonyl (C=O) groups excluding carboxylic acids is 1. The lowest BCUT2D eigenvalue weighted by molar-refractivity contribution is 0.0991. The Labute approximate surface area is 105 Å². The lowest BCUT2D eigenvalue weighted by Crippen LogP contribution is -2.11. The molecule has 1 rings (SSSR count). The Bertz CT molecular complexity index is 375. The molecule has 0 amide bonds. The first-order chi connectivity index (χ1) is 6.43. The minimum atomic E-state index is -0.499. The summed E-state index contributed by atoms with van der Waals surface area (Å²) >= 11 is 12.5. The van der Waals surface area contributed by atoms with Crippen molar-refractivity contribution in [2.45, 2.75) is 19.2 Å². The molecule has 0 heterocycles. The highest BCUT2D eigenvalue weighted by Gasteiger charge is 2.16. The molecule has 1 atom stereocenters. The maximum absolute atomic E-state index is 11.6. The molecule has 0 aliphatic heterocycles. The van der Waals surface area contributed by atoms with E-state index in [-0.39, 0.29) is 5.78 Å². The smallest absolute Gasteiger partial charge is 0.181 e. The van der Waals surface area contributed by atoms with Crippen molar-refractivity contribution in [1.82, 2.24) is 0 Å². The van der Waals surface area contributed by atoms with Crippen molar-refractivity contribution in [2.75, 3.05) is 0 Å². The molecule has 0 spiro atoms. The minimum Gasteiger partial charge on any atom is -0.292 e. The Morgan fingerprint density at radius 2 is 1.93 bits per heavy atom. The second-order valence-electron chi connectivity index (χ2n) is 3.06. The van der Waals surface area contributed by atoms with Gasteiger partial charge in [0.2, 0.25) is 0 Å². The highest BCUT2D eigenvalue weighted by atomic mass is 79.9. The lowest BCUT2D eigenvalue weighted by Gasteiger charge is -2.07. The predicted molar refractivity (Wildman–Crippen MR) is 66.2 cm³/mol. The van der Waals surface area contributed by atoms with Crippen LogP contribution in [-0.2, 0) is 0 Å². The first-order valence-corrected chi connectivity index (χ1v) is 6.09. The molecule has 0 saturated heterocycles. The fraction of sp³-hybridized carbons (Fsp3) is 0.300. The maximum atomic E-state index is 11.6. The second-order valence-corrected chi connectivity index (χ2v) is 5.42. The molecule has 14 heavy (non-hydrogen) atoms. The van der Waals surface area contributed by atoms with Crippen LogP contribution in [0.5, 0.6) is 0 Å². The number of hydrogen-bond donors (Lipinski definition) is 0. The van der Waals surface area contributed by atoms with Gasteiger partial charge in [0.25, 0.3) is 0 Å². The van der Waals surface area contributed by atoms with Crippen LogP contribution in [0.1, 0.15) is 22.8 Å². The summed E-state index contributed by atoms with van der Waals surface area (Å²) < 4.78 is 1.71. The quantitative estimate of drug-likeness (QED) is 0.578. The lowest BCUT2D eigenvalue weighted by atomic mass is 10.1. The number of benzene rings is 1. The molecule has 1 unspecified atom stereocenters. The summed E-state index contributed by atoms with van der Waals surface area (Å²) in [7, 11) is 0. The Hall–Kier alpha value is 0.140. The molecule has 1 aromatic rings. The average Bonchev–Trinajstić information content (AvgIpc) is 2.10. The molecule has 0 aliphatic carbocycles. The number of aryl methyl sites for hydroxylation is 1. The van der Waals surface area contributed by atoms with Crippen LogP contribution in [0, 0.1) is 6.92 Å². The van der Waals surface area contributed by atoms with Gasteiger partial charge in [-0.15, -0.1) is 11.6 Å². The molecule has 0 saturated carbocycles. The van der Waals surface area contributed by atoms with E-state index in [9.17, 15) is 4.79 Å². The molecular weight excluding hydrogens is 331 g/mol. The van der Waals surface area contributed by atoms with E-state index in [1.807, 2.05) is 13.0 Å². The van der Waals surface area contributed by atoms with Crippen molar-refractivity contribution < 1.29 is 4.79 Å². The predicted octanol–water partition coefficient (Wildman–Crippen LogP) is 4.33. The van der Waals surface area contributed by atoms with E-state index >= 15 is 0 Å². The Morgan fingerprint density at radius 3 is 2.43 bits per heavy atom. The van der Waals surface area contributed by atoms with Gasteiger partial charge in [0.05, 0.1) is 5.38 Å². The zero-order valence-electron chi connectivity index (χ0n) is 7.77. The Morgan fingerprint density at radius 1 is 1.36 bits per heavy atom. The van der Waals surface area contributed by atoms with E-state index in [0.717, 1.165) is 14.5 Å².